The normalized spacial score (nSPS) is 10.5. The maximum Gasteiger partial charge on any atom is 0.123 e. The molecule has 1 aromatic carbocycles. The van der Waals surface area contributed by atoms with E-state index in [4.69, 9.17) is 4.74 Å². The van der Waals surface area contributed by atoms with Gasteiger partial charge in [-0.25, -0.2) is 0 Å². The Hall–Kier alpha value is -1.44. The molecule has 0 atom stereocenters. The van der Waals surface area contributed by atoms with Gasteiger partial charge in [0.05, 0.1) is 12.6 Å². The topological polar surface area (TPSA) is 25.0 Å². The molecular weight excluding hydrogens is 150 g/mol. The van der Waals surface area contributed by atoms with Gasteiger partial charge in [-0.05, 0) is 30.5 Å². The standard InChI is InChI=1S/C10H11NO/c1-7-9(12-2)4-3-8-5-6-11-10(7)8/h3-6,11H,1-2H3. The summed E-state index contributed by atoms with van der Waals surface area (Å²) in [6.07, 6.45) is 1.94. The molecule has 2 heteroatoms. The molecule has 2 nitrogen and oxygen atoms in total. The third-order valence-corrected chi connectivity index (χ3v) is 2.16. The highest BCUT2D eigenvalue weighted by molar-refractivity contribution is 5.84. The van der Waals surface area contributed by atoms with Gasteiger partial charge in [-0.2, -0.15) is 0 Å². The second kappa shape index (κ2) is 2.55. The van der Waals surface area contributed by atoms with Crippen LogP contribution in [-0.4, -0.2) is 12.1 Å². The predicted molar refractivity (Wildman–Crippen MR) is 49.6 cm³/mol. The summed E-state index contributed by atoms with van der Waals surface area (Å²) < 4.78 is 5.20. The summed E-state index contributed by atoms with van der Waals surface area (Å²) in [5, 5.41) is 1.23. The van der Waals surface area contributed by atoms with Gasteiger partial charge >= 0.3 is 0 Å². The highest BCUT2D eigenvalue weighted by atomic mass is 16.5. The Morgan fingerprint density at radius 3 is 2.83 bits per heavy atom. The van der Waals surface area contributed by atoms with Gasteiger partial charge in [-0.15, -0.1) is 0 Å². The number of aromatic nitrogens is 1. The molecule has 0 aliphatic carbocycles. The van der Waals surface area contributed by atoms with Crippen LogP contribution in [-0.2, 0) is 0 Å². The summed E-state index contributed by atoms with van der Waals surface area (Å²) in [5.41, 5.74) is 2.33. The third kappa shape index (κ3) is 0.881. The van der Waals surface area contributed by atoms with E-state index in [9.17, 15) is 0 Å². The predicted octanol–water partition coefficient (Wildman–Crippen LogP) is 2.48. The van der Waals surface area contributed by atoms with E-state index in [-0.39, 0.29) is 0 Å². The van der Waals surface area contributed by atoms with Crippen molar-refractivity contribution in [3.05, 3.63) is 30.0 Å². The van der Waals surface area contributed by atoms with Gasteiger partial charge in [-0.3, -0.25) is 0 Å². The number of rotatable bonds is 1. The molecule has 0 radical (unpaired) electrons. The Balaban J connectivity index is 2.78. The van der Waals surface area contributed by atoms with Crippen LogP contribution in [0.2, 0.25) is 0 Å². The number of aryl methyl sites for hydroxylation is 1. The molecule has 0 amide bonds. The van der Waals surface area contributed by atoms with Gasteiger partial charge in [0.25, 0.3) is 0 Å². The zero-order chi connectivity index (χ0) is 8.55. The lowest BCUT2D eigenvalue weighted by atomic mass is 10.1. The van der Waals surface area contributed by atoms with Crippen molar-refractivity contribution >= 4 is 10.9 Å². The number of fused-ring (bicyclic) bond motifs is 1. The monoisotopic (exact) mass is 161 g/mol. The lowest BCUT2D eigenvalue weighted by Crippen LogP contribution is -1.86. The summed E-state index contributed by atoms with van der Waals surface area (Å²) in [7, 11) is 1.69. The van der Waals surface area contributed by atoms with Gasteiger partial charge in [0.1, 0.15) is 5.75 Å². The molecule has 12 heavy (non-hydrogen) atoms. The quantitative estimate of drug-likeness (QED) is 0.682. The highest BCUT2D eigenvalue weighted by Crippen LogP contribution is 2.25. The van der Waals surface area contributed by atoms with Gasteiger partial charge in [0.15, 0.2) is 0 Å². The Bertz CT molecular complexity index is 403. The van der Waals surface area contributed by atoms with Crippen molar-refractivity contribution in [1.82, 2.24) is 4.98 Å². The van der Waals surface area contributed by atoms with E-state index in [1.807, 2.05) is 12.3 Å². The van der Waals surface area contributed by atoms with E-state index in [1.54, 1.807) is 7.11 Å². The molecule has 2 aromatic rings. The number of hydrogen-bond donors (Lipinski definition) is 1. The zero-order valence-electron chi connectivity index (χ0n) is 7.22. The fraction of sp³-hybridized carbons (Fsp3) is 0.200. The van der Waals surface area contributed by atoms with Gasteiger partial charge < -0.3 is 9.72 Å². The largest absolute Gasteiger partial charge is 0.496 e. The van der Waals surface area contributed by atoms with Gasteiger partial charge in [0, 0.05) is 11.8 Å². The minimum Gasteiger partial charge on any atom is -0.496 e. The van der Waals surface area contributed by atoms with Crippen LogP contribution in [0.5, 0.6) is 5.75 Å². The number of methoxy groups -OCH3 is 1. The fourth-order valence-electron chi connectivity index (χ4n) is 1.48. The molecule has 1 aromatic heterocycles. The Morgan fingerprint density at radius 1 is 1.25 bits per heavy atom. The molecule has 62 valence electrons. The Kier molecular flexibility index (Phi) is 1.54. The molecule has 0 saturated heterocycles. The Labute approximate surface area is 71.2 Å². The average Bonchev–Trinajstić information content (AvgIpc) is 2.53. The number of ether oxygens (including phenoxy) is 1. The molecule has 1 heterocycles. The smallest absolute Gasteiger partial charge is 0.123 e. The van der Waals surface area contributed by atoms with Crippen molar-refractivity contribution in [2.45, 2.75) is 6.92 Å². The van der Waals surface area contributed by atoms with Crippen molar-refractivity contribution in [3.8, 4) is 5.75 Å². The first-order valence-electron chi connectivity index (χ1n) is 3.93. The number of benzene rings is 1. The molecule has 1 N–H and O–H groups in total. The third-order valence-electron chi connectivity index (χ3n) is 2.16. The van der Waals surface area contributed by atoms with Crippen LogP contribution >= 0.6 is 0 Å². The van der Waals surface area contributed by atoms with Crippen LogP contribution in [0.4, 0.5) is 0 Å². The molecule has 0 spiro atoms. The first-order valence-corrected chi connectivity index (χ1v) is 3.93. The van der Waals surface area contributed by atoms with Gasteiger partial charge in [-0.1, -0.05) is 0 Å². The van der Waals surface area contributed by atoms with Gasteiger partial charge in [0.2, 0.25) is 0 Å². The minimum atomic E-state index is 0.935. The summed E-state index contributed by atoms with van der Waals surface area (Å²) >= 11 is 0. The fourth-order valence-corrected chi connectivity index (χ4v) is 1.48. The molecule has 0 fully saturated rings. The highest BCUT2D eigenvalue weighted by Gasteiger charge is 2.02. The van der Waals surface area contributed by atoms with Crippen molar-refractivity contribution < 1.29 is 4.74 Å². The number of H-pyrrole nitrogens is 1. The van der Waals surface area contributed by atoms with E-state index >= 15 is 0 Å². The van der Waals surface area contributed by atoms with Crippen LogP contribution in [0.25, 0.3) is 10.9 Å². The maximum atomic E-state index is 5.20. The van der Waals surface area contributed by atoms with Crippen molar-refractivity contribution in [1.29, 1.82) is 0 Å². The molecule has 0 aliphatic heterocycles. The van der Waals surface area contributed by atoms with Crippen molar-refractivity contribution in [2.75, 3.05) is 7.11 Å². The van der Waals surface area contributed by atoms with E-state index in [0.29, 0.717) is 0 Å². The van der Waals surface area contributed by atoms with Crippen LogP contribution in [0.3, 0.4) is 0 Å². The zero-order valence-corrected chi connectivity index (χ0v) is 7.22. The van der Waals surface area contributed by atoms with Crippen molar-refractivity contribution in [3.63, 3.8) is 0 Å². The first kappa shape index (κ1) is 7.22. The summed E-state index contributed by atoms with van der Waals surface area (Å²) in [6, 6.07) is 6.10. The summed E-state index contributed by atoms with van der Waals surface area (Å²) in [4.78, 5) is 3.18. The second-order valence-electron chi connectivity index (χ2n) is 2.83. The molecule has 2 rings (SSSR count). The van der Waals surface area contributed by atoms with Crippen LogP contribution < -0.4 is 4.74 Å². The lowest BCUT2D eigenvalue weighted by Gasteiger charge is -2.04. The molecule has 0 bridgehead atoms. The van der Waals surface area contributed by atoms with E-state index in [1.165, 1.54) is 10.9 Å². The maximum absolute atomic E-state index is 5.20. The van der Waals surface area contributed by atoms with Crippen LogP contribution in [0.15, 0.2) is 24.4 Å². The Morgan fingerprint density at radius 2 is 2.08 bits per heavy atom. The molecule has 0 saturated carbocycles. The first-order chi connectivity index (χ1) is 5.83. The SMILES string of the molecule is COc1ccc2cc[nH]c2c1C. The van der Waals surface area contributed by atoms with E-state index < -0.39 is 0 Å². The molecule has 0 aliphatic rings. The number of aromatic amines is 1. The second-order valence-corrected chi connectivity index (χ2v) is 2.83. The average molecular weight is 161 g/mol. The number of nitrogens with one attached hydrogen (secondary N) is 1. The molecule has 0 unspecified atom stereocenters. The number of hydrogen-bond acceptors (Lipinski definition) is 1. The van der Waals surface area contributed by atoms with E-state index in [2.05, 4.69) is 24.0 Å². The van der Waals surface area contributed by atoms with Crippen molar-refractivity contribution in [2.24, 2.45) is 0 Å². The van der Waals surface area contributed by atoms with Crippen LogP contribution in [0.1, 0.15) is 5.56 Å². The lowest BCUT2D eigenvalue weighted by molar-refractivity contribution is 0.412. The van der Waals surface area contributed by atoms with E-state index in [0.717, 1.165) is 11.3 Å². The minimum absolute atomic E-state index is 0.935. The summed E-state index contributed by atoms with van der Waals surface area (Å²) in [6.45, 7) is 2.05. The summed E-state index contributed by atoms with van der Waals surface area (Å²) in [5.74, 6) is 0.935. The van der Waals surface area contributed by atoms with Crippen LogP contribution in [0, 0.1) is 6.92 Å². The molecular formula is C10H11NO.